The van der Waals surface area contributed by atoms with E-state index < -0.39 is 5.75 Å². The molecule has 1 aromatic carbocycles. The summed E-state index contributed by atoms with van der Waals surface area (Å²) in [7, 11) is 0. The quantitative estimate of drug-likeness (QED) is 0.587. The van der Waals surface area contributed by atoms with Crippen molar-refractivity contribution in [1.82, 2.24) is 5.32 Å². The van der Waals surface area contributed by atoms with Crippen LogP contribution in [0.5, 0.6) is 17.2 Å². The molecule has 1 unspecified atom stereocenters. The largest absolute Gasteiger partial charge is 0.504 e. The first-order valence-corrected chi connectivity index (χ1v) is 6.75. The van der Waals surface area contributed by atoms with E-state index >= 15 is 0 Å². The first-order chi connectivity index (χ1) is 8.06. The van der Waals surface area contributed by atoms with Gasteiger partial charge in [-0.05, 0) is 18.7 Å². The molecule has 0 aromatic heterocycles. The van der Waals surface area contributed by atoms with Gasteiger partial charge in [0.25, 0.3) is 0 Å². The van der Waals surface area contributed by atoms with Gasteiger partial charge in [-0.15, -0.1) is 0 Å². The summed E-state index contributed by atoms with van der Waals surface area (Å²) in [6.45, 7) is 4.65. The maximum absolute atomic E-state index is 9.61. The van der Waals surface area contributed by atoms with Crippen LogP contribution in [0.3, 0.4) is 0 Å². The van der Waals surface area contributed by atoms with Crippen LogP contribution in [0, 0.1) is 0 Å². The number of thioether (sulfide) groups is 1. The van der Waals surface area contributed by atoms with Crippen LogP contribution in [0.1, 0.15) is 19.4 Å². The third kappa shape index (κ3) is 4.02. The Labute approximate surface area is 106 Å². The van der Waals surface area contributed by atoms with Gasteiger partial charge >= 0.3 is 0 Å². The van der Waals surface area contributed by atoms with E-state index in [4.69, 9.17) is 0 Å². The Morgan fingerprint density at radius 3 is 2.59 bits per heavy atom. The summed E-state index contributed by atoms with van der Waals surface area (Å²) in [5, 5.41) is 31.4. The lowest BCUT2D eigenvalue weighted by molar-refractivity contribution is 0.363. The van der Waals surface area contributed by atoms with Crippen molar-refractivity contribution >= 4 is 11.8 Å². The maximum atomic E-state index is 9.61. The van der Waals surface area contributed by atoms with Gasteiger partial charge in [-0.1, -0.05) is 13.0 Å². The summed E-state index contributed by atoms with van der Waals surface area (Å²) >= 11 is 1.85. The molecule has 0 aliphatic heterocycles. The number of hydrogen-bond acceptors (Lipinski definition) is 5. The number of benzene rings is 1. The summed E-state index contributed by atoms with van der Waals surface area (Å²) in [5.74, 6) is 1.06. The zero-order valence-electron chi connectivity index (χ0n) is 10.1. The van der Waals surface area contributed by atoms with Crippen molar-refractivity contribution in [1.29, 1.82) is 0 Å². The predicted molar refractivity (Wildman–Crippen MR) is 70.7 cm³/mol. The van der Waals surface area contributed by atoms with Gasteiger partial charge in [-0.3, -0.25) is 0 Å². The highest BCUT2D eigenvalue weighted by Gasteiger charge is 2.11. The van der Waals surface area contributed by atoms with Crippen molar-refractivity contribution < 1.29 is 15.3 Å². The topological polar surface area (TPSA) is 72.7 Å². The smallest absolute Gasteiger partial charge is 0.200 e. The Morgan fingerprint density at radius 2 is 1.94 bits per heavy atom. The molecule has 0 saturated heterocycles. The van der Waals surface area contributed by atoms with E-state index in [0.717, 1.165) is 11.5 Å². The molecule has 0 saturated carbocycles. The summed E-state index contributed by atoms with van der Waals surface area (Å²) in [5.41, 5.74) is 0.577. The molecular weight excluding hydrogens is 238 g/mol. The molecule has 0 aliphatic rings. The molecule has 0 radical (unpaired) electrons. The summed E-state index contributed by atoms with van der Waals surface area (Å²) in [6.07, 6.45) is 0. The van der Waals surface area contributed by atoms with Crippen molar-refractivity contribution in [2.45, 2.75) is 26.4 Å². The lowest BCUT2D eigenvalue weighted by atomic mass is 10.1. The first kappa shape index (κ1) is 14.0. The minimum atomic E-state index is -0.458. The number of hydrogen-bond donors (Lipinski definition) is 4. The molecule has 4 nitrogen and oxygen atoms in total. The lowest BCUT2D eigenvalue weighted by Gasteiger charge is -2.14. The molecule has 0 spiro atoms. The van der Waals surface area contributed by atoms with E-state index in [9.17, 15) is 15.3 Å². The average Bonchev–Trinajstić information content (AvgIpc) is 2.32. The van der Waals surface area contributed by atoms with E-state index in [2.05, 4.69) is 19.2 Å². The fourth-order valence-corrected chi connectivity index (χ4v) is 2.10. The molecule has 0 amide bonds. The number of aromatic hydroxyl groups is 3. The van der Waals surface area contributed by atoms with E-state index in [-0.39, 0.29) is 11.5 Å². The van der Waals surface area contributed by atoms with E-state index in [1.165, 1.54) is 6.07 Å². The maximum Gasteiger partial charge on any atom is 0.200 e. The molecule has 0 bridgehead atoms. The molecule has 0 heterocycles. The normalized spacial score (nSPS) is 12.6. The molecule has 4 N–H and O–H groups in total. The van der Waals surface area contributed by atoms with Gasteiger partial charge in [0, 0.05) is 23.9 Å². The Kier molecular flexibility index (Phi) is 5.44. The summed E-state index contributed by atoms with van der Waals surface area (Å²) < 4.78 is 0. The van der Waals surface area contributed by atoms with Gasteiger partial charge < -0.3 is 20.6 Å². The molecule has 1 atom stereocenters. The second-order valence-corrected chi connectivity index (χ2v) is 5.20. The fraction of sp³-hybridized carbons (Fsp3) is 0.500. The molecule has 96 valence electrons. The van der Waals surface area contributed by atoms with Gasteiger partial charge in [-0.2, -0.15) is 11.8 Å². The standard InChI is InChI=1S/C12H19NO3S/c1-3-17-7-8(2)13-6-9-4-5-10(14)12(16)11(9)15/h4-5,8,13-16H,3,6-7H2,1-2H3. The highest BCUT2D eigenvalue weighted by molar-refractivity contribution is 7.99. The molecule has 1 aromatic rings. The van der Waals surface area contributed by atoms with Crippen LogP contribution >= 0.6 is 11.8 Å². The van der Waals surface area contributed by atoms with Crippen molar-refractivity contribution in [3.63, 3.8) is 0 Å². The lowest BCUT2D eigenvalue weighted by Crippen LogP contribution is -2.27. The number of nitrogens with one attached hydrogen (secondary N) is 1. The van der Waals surface area contributed by atoms with Crippen LogP contribution < -0.4 is 5.32 Å². The van der Waals surface area contributed by atoms with Crippen molar-refractivity contribution in [2.75, 3.05) is 11.5 Å². The zero-order valence-corrected chi connectivity index (χ0v) is 10.9. The minimum Gasteiger partial charge on any atom is -0.504 e. The summed E-state index contributed by atoms with van der Waals surface area (Å²) in [4.78, 5) is 0. The fourth-order valence-electron chi connectivity index (χ4n) is 1.39. The van der Waals surface area contributed by atoms with E-state index in [1.54, 1.807) is 6.07 Å². The van der Waals surface area contributed by atoms with Crippen molar-refractivity contribution in [2.24, 2.45) is 0 Å². The highest BCUT2D eigenvalue weighted by Crippen LogP contribution is 2.36. The molecule has 0 fully saturated rings. The third-order valence-electron chi connectivity index (χ3n) is 2.43. The van der Waals surface area contributed by atoms with Crippen LogP contribution in [-0.2, 0) is 6.54 Å². The van der Waals surface area contributed by atoms with Crippen LogP contribution in [0.4, 0.5) is 0 Å². The van der Waals surface area contributed by atoms with Gasteiger partial charge in [0.15, 0.2) is 11.5 Å². The zero-order chi connectivity index (χ0) is 12.8. The number of rotatable bonds is 6. The van der Waals surface area contributed by atoms with Crippen LogP contribution in [0.2, 0.25) is 0 Å². The average molecular weight is 257 g/mol. The Balaban J connectivity index is 2.55. The third-order valence-corrected chi connectivity index (χ3v) is 3.57. The van der Waals surface area contributed by atoms with E-state index in [0.29, 0.717) is 18.2 Å². The molecule has 5 heteroatoms. The second kappa shape index (κ2) is 6.61. The van der Waals surface area contributed by atoms with Crippen LogP contribution in [-0.4, -0.2) is 32.9 Å². The monoisotopic (exact) mass is 257 g/mol. The van der Waals surface area contributed by atoms with E-state index in [1.807, 2.05) is 11.8 Å². The van der Waals surface area contributed by atoms with Gasteiger partial charge in [0.05, 0.1) is 0 Å². The molecule has 17 heavy (non-hydrogen) atoms. The molecular formula is C12H19NO3S. The van der Waals surface area contributed by atoms with Crippen LogP contribution in [0.25, 0.3) is 0 Å². The minimum absolute atomic E-state index is 0.257. The van der Waals surface area contributed by atoms with Crippen molar-refractivity contribution in [3.8, 4) is 17.2 Å². The Morgan fingerprint density at radius 1 is 1.24 bits per heavy atom. The van der Waals surface area contributed by atoms with Crippen LogP contribution in [0.15, 0.2) is 12.1 Å². The predicted octanol–water partition coefficient (Wildman–Crippen LogP) is 2.03. The number of phenolic OH excluding ortho intramolecular Hbond substituents is 3. The Hall–Kier alpha value is -1.07. The summed E-state index contributed by atoms with van der Waals surface area (Å²) in [6, 6.07) is 3.30. The number of phenols is 3. The first-order valence-electron chi connectivity index (χ1n) is 5.60. The van der Waals surface area contributed by atoms with Crippen molar-refractivity contribution in [3.05, 3.63) is 17.7 Å². The second-order valence-electron chi connectivity index (χ2n) is 3.88. The SMILES string of the molecule is CCSCC(C)NCc1ccc(O)c(O)c1O. The van der Waals surface area contributed by atoms with Gasteiger partial charge in [0.1, 0.15) is 0 Å². The van der Waals surface area contributed by atoms with Gasteiger partial charge in [0.2, 0.25) is 5.75 Å². The molecule has 1 rings (SSSR count). The Bertz CT molecular complexity index is 371. The highest BCUT2D eigenvalue weighted by atomic mass is 32.2. The van der Waals surface area contributed by atoms with Gasteiger partial charge in [-0.25, -0.2) is 0 Å². The molecule has 0 aliphatic carbocycles.